The van der Waals surface area contributed by atoms with Crippen molar-refractivity contribution in [2.24, 2.45) is 0 Å². The average Bonchev–Trinajstić information content (AvgIpc) is 2.50. The summed E-state index contributed by atoms with van der Waals surface area (Å²) in [6, 6.07) is 8.92. The summed E-state index contributed by atoms with van der Waals surface area (Å²) in [4.78, 5) is 12.3. The van der Waals surface area contributed by atoms with E-state index in [1.807, 2.05) is 19.9 Å². The first-order chi connectivity index (χ1) is 9.90. The third-order valence-electron chi connectivity index (χ3n) is 3.25. The average molecular weight is 312 g/mol. The van der Waals surface area contributed by atoms with Crippen molar-refractivity contribution in [2.75, 3.05) is 13.2 Å². The van der Waals surface area contributed by atoms with Crippen molar-refractivity contribution < 1.29 is 18.6 Å². The van der Waals surface area contributed by atoms with E-state index in [0.717, 1.165) is 12.8 Å². The van der Waals surface area contributed by atoms with Crippen LogP contribution in [-0.4, -0.2) is 24.3 Å². The van der Waals surface area contributed by atoms with Crippen LogP contribution in [0.2, 0.25) is 0 Å². The largest absolute Gasteiger partial charge is 0.465 e. The van der Waals surface area contributed by atoms with E-state index in [1.165, 1.54) is 0 Å². The summed E-state index contributed by atoms with van der Waals surface area (Å²) in [5.74, 6) is -0.479. The fourth-order valence-electron chi connectivity index (χ4n) is 1.89. The Morgan fingerprint density at radius 3 is 2.19 bits per heavy atom. The lowest BCUT2D eigenvalue weighted by Crippen LogP contribution is -2.38. The molecule has 0 N–H and O–H groups in total. The van der Waals surface area contributed by atoms with Gasteiger partial charge in [-0.1, -0.05) is 32.0 Å². The fraction of sp³-hybridized carbons (Fsp3) is 0.562. The van der Waals surface area contributed by atoms with Crippen LogP contribution in [-0.2, 0) is 18.6 Å². The van der Waals surface area contributed by atoms with E-state index in [9.17, 15) is 9.36 Å². The first-order valence-corrected chi connectivity index (χ1v) is 9.00. The Morgan fingerprint density at radius 2 is 1.67 bits per heavy atom. The second-order valence-corrected chi connectivity index (χ2v) is 8.41. The zero-order valence-electron chi connectivity index (χ0n) is 13.3. The van der Waals surface area contributed by atoms with Gasteiger partial charge < -0.3 is 9.26 Å². The Bertz CT molecular complexity index is 496. The molecule has 1 aromatic carbocycles. The standard InChI is InChI=1S/C16H25O4P/c1-5-12-19-15(17)16(3,4)21(18,20-13-6-2)14-10-8-7-9-11-14/h7-11H,5-6,12-13H2,1-4H3. The summed E-state index contributed by atoms with van der Waals surface area (Å²) in [5, 5.41) is -0.657. The van der Waals surface area contributed by atoms with Crippen molar-refractivity contribution in [3.05, 3.63) is 30.3 Å². The minimum Gasteiger partial charge on any atom is -0.465 e. The molecule has 0 spiro atoms. The number of hydrogen-bond acceptors (Lipinski definition) is 4. The van der Waals surface area contributed by atoms with E-state index < -0.39 is 18.5 Å². The number of carbonyl (C=O) groups excluding carboxylic acids is 1. The Morgan fingerprint density at radius 1 is 1.10 bits per heavy atom. The van der Waals surface area contributed by atoms with Gasteiger partial charge in [0.2, 0.25) is 7.37 Å². The smallest absolute Gasteiger partial charge is 0.321 e. The SMILES string of the molecule is CCCOC(=O)C(C)(C)P(=O)(OCCC)c1ccccc1. The van der Waals surface area contributed by atoms with Gasteiger partial charge in [0.15, 0.2) is 0 Å². The second kappa shape index (κ2) is 7.77. The van der Waals surface area contributed by atoms with Gasteiger partial charge in [0.25, 0.3) is 0 Å². The Labute approximate surface area is 127 Å². The van der Waals surface area contributed by atoms with Crippen LogP contribution in [0.3, 0.4) is 0 Å². The summed E-state index contributed by atoms with van der Waals surface area (Å²) in [5.41, 5.74) is 0. The minimum absolute atomic E-state index is 0.324. The third kappa shape index (κ3) is 3.96. The molecule has 1 rings (SSSR count). The van der Waals surface area contributed by atoms with Crippen molar-refractivity contribution in [1.29, 1.82) is 0 Å². The predicted molar refractivity (Wildman–Crippen MR) is 85.3 cm³/mol. The van der Waals surface area contributed by atoms with Crippen LogP contribution >= 0.6 is 7.37 Å². The van der Waals surface area contributed by atoms with Crippen LogP contribution in [0.15, 0.2) is 30.3 Å². The molecule has 0 aromatic heterocycles. The molecule has 0 heterocycles. The molecule has 1 aromatic rings. The third-order valence-corrected chi connectivity index (χ3v) is 6.42. The van der Waals surface area contributed by atoms with Gasteiger partial charge in [-0.05, 0) is 38.8 Å². The summed E-state index contributed by atoms with van der Waals surface area (Å²) < 4.78 is 24.4. The molecule has 4 nitrogen and oxygen atoms in total. The number of esters is 1. The van der Waals surface area contributed by atoms with E-state index in [4.69, 9.17) is 9.26 Å². The van der Waals surface area contributed by atoms with Crippen LogP contribution in [0.25, 0.3) is 0 Å². The number of ether oxygens (including phenoxy) is 1. The highest BCUT2D eigenvalue weighted by atomic mass is 31.2. The van der Waals surface area contributed by atoms with Crippen LogP contribution < -0.4 is 5.30 Å². The van der Waals surface area contributed by atoms with Gasteiger partial charge in [-0.3, -0.25) is 9.36 Å². The highest BCUT2D eigenvalue weighted by molar-refractivity contribution is 7.69. The molecular formula is C16H25O4P. The zero-order chi connectivity index (χ0) is 15.9. The molecule has 118 valence electrons. The van der Waals surface area contributed by atoms with Gasteiger partial charge in [0.1, 0.15) is 5.16 Å². The first kappa shape index (κ1) is 17.9. The number of benzene rings is 1. The molecular weight excluding hydrogens is 287 g/mol. The molecule has 0 aliphatic carbocycles. The lowest BCUT2D eigenvalue weighted by Gasteiger charge is -2.32. The molecule has 0 amide bonds. The lowest BCUT2D eigenvalue weighted by molar-refractivity contribution is -0.146. The summed E-state index contributed by atoms with van der Waals surface area (Å²) in [6.45, 7) is 7.80. The maximum atomic E-state index is 13.5. The monoisotopic (exact) mass is 312 g/mol. The molecule has 0 aliphatic heterocycles. The van der Waals surface area contributed by atoms with Gasteiger partial charge in [-0.15, -0.1) is 0 Å². The molecule has 1 unspecified atom stereocenters. The van der Waals surface area contributed by atoms with Gasteiger partial charge in [0.05, 0.1) is 13.2 Å². The summed E-state index contributed by atoms with van der Waals surface area (Å²) in [7, 11) is -3.36. The van der Waals surface area contributed by atoms with E-state index >= 15 is 0 Å². The highest BCUT2D eigenvalue weighted by Gasteiger charge is 2.50. The van der Waals surface area contributed by atoms with Crippen LogP contribution in [0.5, 0.6) is 0 Å². The molecule has 0 radical (unpaired) electrons. The van der Waals surface area contributed by atoms with E-state index in [0.29, 0.717) is 18.5 Å². The highest BCUT2D eigenvalue weighted by Crippen LogP contribution is 2.58. The number of hydrogen-bond donors (Lipinski definition) is 0. The second-order valence-electron chi connectivity index (χ2n) is 5.42. The Hall–Kier alpha value is -1.12. The van der Waals surface area contributed by atoms with Crippen molar-refractivity contribution in [3.8, 4) is 0 Å². The molecule has 0 fully saturated rings. The van der Waals surface area contributed by atoms with Crippen molar-refractivity contribution in [3.63, 3.8) is 0 Å². The lowest BCUT2D eigenvalue weighted by atomic mass is 10.2. The first-order valence-electron chi connectivity index (χ1n) is 7.37. The molecule has 0 aliphatic rings. The van der Waals surface area contributed by atoms with Gasteiger partial charge >= 0.3 is 5.97 Å². The van der Waals surface area contributed by atoms with Crippen molar-refractivity contribution in [2.45, 2.75) is 45.7 Å². The van der Waals surface area contributed by atoms with Gasteiger partial charge in [-0.2, -0.15) is 0 Å². The van der Waals surface area contributed by atoms with Crippen molar-refractivity contribution >= 4 is 18.6 Å². The van der Waals surface area contributed by atoms with Gasteiger partial charge in [0, 0.05) is 5.30 Å². The normalized spacial score (nSPS) is 14.5. The summed E-state index contributed by atoms with van der Waals surface area (Å²) >= 11 is 0. The Kier molecular flexibility index (Phi) is 6.63. The van der Waals surface area contributed by atoms with Crippen LogP contribution in [0, 0.1) is 0 Å². The predicted octanol–water partition coefficient (Wildman–Crippen LogP) is 3.75. The van der Waals surface area contributed by atoms with Gasteiger partial charge in [-0.25, -0.2) is 0 Å². The molecule has 1 atom stereocenters. The molecule has 0 saturated carbocycles. The number of rotatable bonds is 8. The fourth-order valence-corrected chi connectivity index (χ4v) is 4.32. The summed E-state index contributed by atoms with van der Waals surface area (Å²) in [6.07, 6.45) is 1.46. The number of carbonyl (C=O) groups is 1. The maximum absolute atomic E-state index is 13.5. The minimum atomic E-state index is -3.36. The van der Waals surface area contributed by atoms with E-state index in [-0.39, 0.29) is 0 Å². The molecule has 0 bridgehead atoms. The molecule has 5 heteroatoms. The van der Waals surface area contributed by atoms with E-state index in [1.54, 1.807) is 38.1 Å². The zero-order valence-corrected chi connectivity index (χ0v) is 14.2. The molecule has 0 saturated heterocycles. The van der Waals surface area contributed by atoms with Crippen molar-refractivity contribution in [1.82, 2.24) is 0 Å². The quantitative estimate of drug-likeness (QED) is 0.542. The Balaban J connectivity index is 3.17. The molecule has 21 heavy (non-hydrogen) atoms. The van der Waals surface area contributed by atoms with Crippen LogP contribution in [0.4, 0.5) is 0 Å². The maximum Gasteiger partial charge on any atom is 0.321 e. The van der Waals surface area contributed by atoms with E-state index in [2.05, 4.69) is 0 Å². The topological polar surface area (TPSA) is 52.6 Å². The van der Waals surface area contributed by atoms with Crippen LogP contribution in [0.1, 0.15) is 40.5 Å².